The Kier molecular flexibility index (Phi) is 3.43. The molecule has 17 heavy (non-hydrogen) atoms. The molecule has 0 amide bonds. The molecule has 0 saturated carbocycles. The average molecular weight is 270 g/mol. The topological polar surface area (TPSA) is 80.9 Å². The summed E-state index contributed by atoms with van der Waals surface area (Å²) in [5.41, 5.74) is 1.41. The fraction of sp³-hybridized carbons (Fsp3) is 0.333. The van der Waals surface area contributed by atoms with Crippen molar-refractivity contribution < 1.29 is 9.90 Å². The molecular formula is C9H10N4O2S2. The van der Waals surface area contributed by atoms with Gasteiger partial charge in [-0.25, -0.2) is 9.78 Å². The van der Waals surface area contributed by atoms with Crippen LogP contribution in [0.2, 0.25) is 0 Å². The molecule has 0 saturated heterocycles. The van der Waals surface area contributed by atoms with E-state index in [1.54, 1.807) is 18.7 Å². The molecule has 0 aromatic carbocycles. The first kappa shape index (κ1) is 12.1. The molecule has 0 aliphatic heterocycles. The fourth-order valence-electron chi connectivity index (χ4n) is 1.23. The Morgan fingerprint density at radius 2 is 2.41 bits per heavy atom. The van der Waals surface area contributed by atoms with Crippen LogP contribution in [0.1, 0.15) is 21.1 Å². The Hall–Kier alpha value is -1.41. The predicted molar refractivity (Wildman–Crippen MR) is 64.4 cm³/mol. The number of rotatable bonds is 4. The Balaban J connectivity index is 2.04. The van der Waals surface area contributed by atoms with Crippen molar-refractivity contribution >= 4 is 29.1 Å². The number of thiazole rings is 1. The van der Waals surface area contributed by atoms with Gasteiger partial charge in [0.25, 0.3) is 0 Å². The van der Waals surface area contributed by atoms with Crippen molar-refractivity contribution in [3.05, 3.63) is 22.5 Å². The third-order valence-corrected chi connectivity index (χ3v) is 4.29. The number of carboxylic acids is 1. The first-order valence-electron chi connectivity index (χ1n) is 4.75. The number of aromatic nitrogens is 4. The molecule has 0 radical (unpaired) electrons. The normalized spacial score (nSPS) is 10.7. The molecule has 2 aromatic rings. The lowest BCUT2D eigenvalue weighted by molar-refractivity contribution is 0.0701. The molecule has 2 aromatic heterocycles. The van der Waals surface area contributed by atoms with E-state index in [4.69, 9.17) is 5.11 Å². The maximum absolute atomic E-state index is 10.8. The van der Waals surface area contributed by atoms with E-state index in [-0.39, 0.29) is 0 Å². The highest BCUT2D eigenvalue weighted by molar-refractivity contribution is 8.00. The summed E-state index contributed by atoms with van der Waals surface area (Å²) >= 11 is 2.66. The maximum Gasteiger partial charge on any atom is 0.347 e. The summed E-state index contributed by atoms with van der Waals surface area (Å²) in [6, 6.07) is 0. The van der Waals surface area contributed by atoms with Gasteiger partial charge in [-0.1, -0.05) is 17.0 Å². The first-order chi connectivity index (χ1) is 8.06. The summed E-state index contributed by atoms with van der Waals surface area (Å²) in [5.74, 6) is -0.286. The molecule has 6 nitrogen and oxygen atoms in total. The Bertz CT molecular complexity index is 549. The number of carbonyl (C=O) groups is 1. The SMILES string of the molecule is Cc1nc(SCc2cn(C)nn2)sc1C(=O)O. The molecule has 0 atom stereocenters. The van der Waals surface area contributed by atoms with Gasteiger partial charge in [0.15, 0.2) is 4.34 Å². The standard InChI is InChI=1S/C9H10N4O2S2/c1-5-7(8(14)15)17-9(10-5)16-4-6-3-13(2)12-11-6/h3H,4H2,1-2H3,(H,14,15). The van der Waals surface area contributed by atoms with Crippen molar-refractivity contribution in [2.45, 2.75) is 17.0 Å². The van der Waals surface area contributed by atoms with Crippen LogP contribution in [-0.2, 0) is 12.8 Å². The highest BCUT2D eigenvalue weighted by Gasteiger charge is 2.14. The molecule has 90 valence electrons. The van der Waals surface area contributed by atoms with Crippen LogP contribution in [-0.4, -0.2) is 31.1 Å². The van der Waals surface area contributed by atoms with Crippen molar-refractivity contribution in [2.75, 3.05) is 0 Å². The van der Waals surface area contributed by atoms with E-state index in [0.29, 0.717) is 16.3 Å². The van der Waals surface area contributed by atoms with E-state index < -0.39 is 5.97 Å². The van der Waals surface area contributed by atoms with Crippen LogP contribution in [0.3, 0.4) is 0 Å². The molecule has 0 bridgehead atoms. The van der Waals surface area contributed by atoms with Crippen LogP contribution in [0.25, 0.3) is 0 Å². The molecule has 0 spiro atoms. The average Bonchev–Trinajstić information content (AvgIpc) is 2.82. The largest absolute Gasteiger partial charge is 0.477 e. The summed E-state index contributed by atoms with van der Waals surface area (Å²) in [6.07, 6.45) is 1.82. The van der Waals surface area contributed by atoms with Gasteiger partial charge in [0.1, 0.15) is 4.88 Å². The van der Waals surface area contributed by atoms with Crippen LogP contribution >= 0.6 is 23.1 Å². The predicted octanol–water partition coefficient (Wildman–Crippen LogP) is 1.57. The van der Waals surface area contributed by atoms with Crippen molar-refractivity contribution in [3.63, 3.8) is 0 Å². The zero-order valence-electron chi connectivity index (χ0n) is 9.25. The van der Waals surface area contributed by atoms with E-state index in [0.717, 1.165) is 10.0 Å². The summed E-state index contributed by atoms with van der Waals surface area (Å²) < 4.78 is 2.37. The Morgan fingerprint density at radius 1 is 1.65 bits per heavy atom. The lowest BCUT2D eigenvalue weighted by atomic mass is 10.4. The van der Waals surface area contributed by atoms with Crippen LogP contribution in [0.15, 0.2) is 10.5 Å². The first-order valence-corrected chi connectivity index (χ1v) is 6.55. The minimum Gasteiger partial charge on any atom is -0.477 e. The van der Waals surface area contributed by atoms with Crippen molar-refractivity contribution in [2.24, 2.45) is 7.05 Å². The summed E-state index contributed by atoms with van der Waals surface area (Å²) in [6.45, 7) is 1.70. The van der Waals surface area contributed by atoms with Gasteiger partial charge in [-0.15, -0.1) is 16.4 Å². The second-order valence-electron chi connectivity index (χ2n) is 3.37. The van der Waals surface area contributed by atoms with Crippen molar-refractivity contribution in [3.8, 4) is 0 Å². The summed E-state index contributed by atoms with van der Waals surface area (Å²) in [7, 11) is 1.80. The third kappa shape index (κ3) is 2.83. The quantitative estimate of drug-likeness (QED) is 0.849. The van der Waals surface area contributed by atoms with Gasteiger partial charge in [-0.05, 0) is 6.92 Å². The summed E-state index contributed by atoms with van der Waals surface area (Å²) in [5, 5.41) is 16.7. The van der Waals surface area contributed by atoms with Gasteiger partial charge in [0.05, 0.1) is 11.4 Å². The number of thioether (sulfide) groups is 1. The van der Waals surface area contributed by atoms with Crippen molar-refractivity contribution in [1.82, 2.24) is 20.0 Å². The van der Waals surface area contributed by atoms with Gasteiger partial charge >= 0.3 is 5.97 Å². The minimum atomic E-state index is -0.925. The molecule has 1 N–H and O–H groups in total. The molecule has 0 aliphatic rings. The Morgan fingerprint density at radius 3 is 2.94 bits per heavy atom. The van der Waals surface area contributed by atoms with Gasteiger partial charge in [0, 0.05) is 19.0 Å². The minimum absolute atomic E-state index is 0.298. The van der Waals surface area contributed by atoms with E-state index >= 15 is 0 Å². The number of hydrogen-bond donors (Lipinski definition) is 1. The zero-order valence-corrected chi connectivity index (χ0v) is 10.9. The van der Waals surface area contributed by atoms with Crippen LogP contribution in [0, 0.1) is 6.92 Å². The van der Waals surface area contributed by atoms with E-state index in [1.807, 2.05) is 6.20 Å². The molecule has 2 rings (SSSR count). The third-order valence-electron chi connectivity index (χ3n) is 1.96. The molecular weight excluding hydrogens is 260 g/mol. The summed E-state index contributed by atoms with van der Waals surface area (Å²) in [4.78, 5) is 15.3. The van der Waals surface area contributed by atoms with Crippen molar-refractivity contribution in [1.29, 1.82) is 0 Å². The smallest absolute Gasteiger partial charge is 0.347 e. The van der Waals surface area contributed by atoms with E-state index in [1.165, 1.54) is 23.1 Å². The molecule has 2 heterocycles. The van der Waals surface area contributed by atoms with Gasteiger partial charge in [-0.2, -0.15) is 0 Å². The van der Waals surface area contributed by atoms with Crippen LogP contribution in [0.4, 0.5) is 0 Å². The second kappa shape index (κ2) is 4.84. The van der Waals surface area contributed by atoms with Gasteiger partial charge in [-0.3, -0.25) is 4.68 Å². The van der Waals surface area contributed by atoms with Crippen LogP contribution in [0.5, 0.6) is 0 Å². The number of hydrogen-bond acceptors (Lipinski definition) is 6. The molecule has 8 heteroatoms. The lowest BCUT2D eigenvalue weighted by Crippen LogP contribution is -1.94. The number of aromatic carboxylic acids is 1. The number of nitrogens with zero attached hydrogens (tertiary/aromatic N) is 4. The highest BCUT2D eigenvalue weighted by atomic mass is 32.2. The van der Waals surface area contributed by atoms with Crippen LogP contribution < -0.4 is 0 Å². The molecule has 0 unspecified atom stereocenters. The monoisotopic (exact) mass is 270 g/mol. The fourth-order valence-corrected chi connectivity index (χ4v) is 3.13. The lowest BCUT2D eigenvalue weighted by Gasteiger charge is -1.91. The second-order valence-corrected chi connectivity index (χ2v) is 5.59. The number of aryl methyl sites for hydroxylation is 2. The Labute approximate surface area is 106 Å². The zero-order chi connectivity index (χ0) is 12.4. The van der Waals surface area contributed by atoms with E-state index in [9.17, 15) is 4.79 Å². The van der Waals surface area contributed by atoms with E-state index in [2.05, 4.69) is 15.3 Å². The molecule has 0 fully saturated rings. The van der Waals surface area contributed by atoms with Gasteiger partial charge < -0.3 is 5.11 Å². The highest BCUT2D eigenvalue weighted by Crippen LogP contribution is 2.29. The maximum atomic E-state index is 10.8. The van der Waals surface area contributed by atoms with Gasteiger partial charge in [0.2, 0.25) is 0 Å². The number of carboxylic acid groups (broad SMARTS) is 1. The molecule has 0 aliphatic carbocycles.